The Balaban J connectivity index is 1.63. The van der Waals surface area contributed by atoms with Gasteiger partial charge in [0.05, 0.1) is 24.2 Å². The summed E-state index contributed by atoms with van der Waals surface area (Å²) >= 11 is 13.4. The molecule has 0 saturated carbocycles. The number of aromatic nitrogens is 2. The molecule has 208 valence electrons. The van der Waals surface area contributed by atoms with E-state index in [0.29, 0.717) is 38.9 Å². The van der Waals surface area contributed by atoms with E-state index in [-0.39, 0.29) is 22.1 Å². The summed E-state index contributed by atoms with van der Waals surface area (Å²) in [6, 6.07) is 12.5. The van der Waals surface area contributed by atoms with Crippen LogP contribution in [0.1, 0.15) is 31.2 Å². The molecule has 4 aromatic rings. The van der Waals surface area contributed by atoms with Gasteiger partial charge in [-0.05, 0) is 64.8 Å². The molecule has 40 heavy (non-hydrogen) atoms. The van der Waals surface area contributed by atoms with Crippen LogP contribution in [0.2, 0.25) is 5.02 Å². The number of hydrogen-bond acceptors (Lipinski definition) is 6. The van der Waals surface area contributed by atoms with Gasteiger partial charge in [-0.15, -0.1) is 0 Å². The minimum Gasteiger partial charge on any atom is -0.493 e. The molecule has 1 heterocycles. The van der Waals surface area contributed by atoms with Crippen LogP contribution in [0.5, 0.6) is 11.5 Å². The van der Waals surface area contributed by atoms with Gasteiger partial charge in [-0.2, -0.15) is 9.78 Å². The molecule has 0 spiro atoms. The van der Waals surface area contributed by atoms with Crippen LogP contribution in [-0.4, -0.2) is 35.5 Å². The summed E-state index contributed by atoms with van der Waals surface area (Å²) in [4.78, 5) is 30.4. The number of rotatable bonds is 10. The molecular formula is C28H24Br2ClFN4O4. The van der Waals surface area contributed by atoms with E-state index >= 15 is 0 Å². The van der Waals surface area contributed by atoms with Crippen LogP contribution in [0.4, 0.5) is 10.1 Å². The fourth-order valence-corrected chi connectivity index (χ4v) is 4.83. The van der Waals surface area contributed by atoms with Crippen molar-refractivity contribution in [2.75, 3.05) is 19.0 Å². The predicted octanol–water partition coefficient (Wildman–Crippen LogP) is 6.96. The molecule has 0 radical (unpaired) electrons. The summed E-state index contributed by atoms with van der Waals surface area (Å²) in [5, 5.41) is 7.59. The van der Waals surface area contributed by atoms with Crippen molar-refractivity contribution in [2.24, 2.45) is 5.10 Å². The molecule has 0 saturated heterocycles. The van der Waals surface area contributed by atoms with Crippen molar-refractivity contribution in [1.29, 1.82) is 0 Å². The zero-order valence-electron chi connectivity index (χ0n) is 21.5. The number of benzene rings is 3. The van der Waals surface area contributed by atoms with Crippen molar-refractivity contribution in [2.45, 2.75) is 26.2 Å². The second-order valence-electron chi connectivity index (χ2n) is 8.63. The SMILES string of the molecule is CCCCc1nc2ccc(Br)cc2c(=O)n1N=Cc1cc(OC)c(OCC(=O)Nc2cccc(F)c2)c(Cl)c1Br. The smallest absolute Gasteiger partial charge is 0.282 e. The Morgan fingerprint density at radius 2 is 2.02 bits per heavy atom. The molecule has 0 atom stereocenters. The minimum absolute atomic E-state index is 0.126. The maximum Gasteiger partial charge on any atom is 0.282 e. The fraction of sp³-hybridized carbons (Fsp3) is 0.214. The first kappa shape index (κ1) is 29.7. The topological polar surface area (TPSA) is 94.8 Å². The molecule has 1 N–H and O–H groups in total. The third kappa shape index (κ3) is 6.89. The van der Waals surface area contributed by atoms with Crippen molar-refractivity contribution in [3.63, 3.8) is 0 Å². The van der Waals surface area contributed by atoms with Gasteiger partial charge in [-0.3, -0.25) is 9.59 Å². The quantitative estimate of drug-likeness (QED) is 0.181. The summed E-state index contributed by atoms with van der Waals surface area (Å²) < 4.78 is 27.0. The van der Waals surface area contributed by atoms with Gasteiger partial charge in [0.2, 0.25) is 0 Å². The number of anilines is 1. The standard InChI is InChI=1S/C28H24Br2ClFN4O4/c1-3-4-8-23-35-21-10-9-17(29)12-20(21)28(38)36(23)33-14-16-11-22(39-2)27(26(31)25(16)30)40-15-24(37)34-19-7-5-6-18(32)13-19/h5-7,9-14H,3-4,8,15H2,1-2H3,(H,34,37). The number of aryl methyl sites for hydroxylation is 1. The molecule has 1 amide bonds. The Morgan fingerprint density at radius 1 is 1.23 bits per heavy atom. The van der Waals surface area contributed by atoms with Crippen LogP contribution in [0.25, 0.3) is 10.9 Å². The lowest BCUT2D eigenvalue weighted by molar-refractivity contribution is -0.118. The van der Waals surface area contributed by atoms with Crippen molar-refractivity contribution < 1.29 is 18.7 Å². The number of carbonyl (C=O) groups is 1. The third-order valence-electron chi connectivity index (χ3n) is 5.77. The Hall–Kier alpha value is -3.28. The normalized spacial score (nSPS) is 11.2. The largest absolute Gasteiger partial charge is 0.493 e. The first-order chi connectivity index (χ1) is 19.2. The number of hydrogen-bond donors (Lipinski definition) is 1. The van der Waals surface area contributed by atoms with E-state index in [0.717, 1.165) is 17.3 Å². The summed E-state index contributed by atoms with van der Waals surface area (Å²) in [7, 11) is 1.43. The third-order valence-corrected chi connectivity index (χ3v) is 7.71. The number of amides is 1. The lowest BCUT2D eigenvalue weighted by atomic mass is 10.2. The van der Waals surface area contributed by atoms with E-state index in [4.69, 9.17) is 21.1 Å². The summed E-state index contributed by atoms with van der Waals surface area (Å²) in [6.45, 7) is 1.66. The molecule has 8 nitrogen and oxygen atoms in total. The highest BCUT2D eigenvalue weighted by atomic mass is 79.9. The van der Waals surface area contributed by atoms with Crippen molar-refractivity contribution in [3.8, 4) is 11.5 Å². The van der Waals surface area contributed by atoms with Crippen LogP contribution in [0.3, 0.4) is 0 Å². The Labute approximate surface area is 251 Å². The van der Waals surface area contributed by atoms with Gasteiger partial charge in [-0.1, -0.05) is 46.9 Å². The number of carbonyl (C=O) groups excluding carboxylic acids is 1. The molecule has 3 aromatic carbocycles. The maximum absolute atomic E-state index is 13.4. The lowest BCUT2D eigenvalue weighted by Gasteiger charge is -2.15. The van der Waals surface area contributed by atoms with E-state index in [2.05, 4.69) is 54.2 Å². The molecule has 0 aliphatic carbocycles. The van der Waals surface area contributed by atoms with E-state index in [1.54, 1.807) is 24.3 Å². The monoisotopic (exact) mass is 692 g/mol. The highest BCUT2D eigenvalue weighted by Gasteiger charge is 2.19. The van der Waals surface area contributed by atoms with Gasteiger partial charge >= 0.3 is 0 Å². The molecular weight excluding hydrogens is 671 g/mol. The van der Waals surface area contributed by atoms with Crippen LogP contribution < -0.4 is 20.3 Å². The molecule has 0 fully saturated rings. The van der Waals surface area contributed by atoms with Gasteiger partial charge < -0.3 is 14.8 Å². The molecule has 4 rings (SSSR count). The molecule has 1 aromatic heterocycles. The number of halogens is 4. The number of ether oxygens (including phenoxy) is 2. The fourth-order valence-electron chi connectivity index (χ4n) is 3.82. The Kier molecular flexibility index (Phi) is 9.94. The van der Waals surface area contributed by atoms with Gasteiger partial charge in [-0.25, -0.2) is 9.37 Å². The number of nitrogens with one attached hydrogen (secondary N) is 1. The minimum atomic E-state index is -0.514. The van der Waals surface area contributed by atoms with Crippen molar-refractivity contribution >= 4 is 72.2 Å². The molecule has 0 aliphatic heterocycles. The van der Waals surface area contributed by atoms with Gasteiger partial charge in [0, 0.05) is 26.6 Å². The lowest BCUT2D eigenvalue weighted by Crippen LogP contribution is -2.22. The highest BCUT2D eigenvalue weighted by Crippen LogP contribution is 2.42. The Bertz CT molecular complexity index is 1660. The second-order valence-corrected chi connectivity index (χ2v) is 10.7. The zero-order valence-corrected chi connectivity index (χ0v) is 25.4. The van der Waals surface area contributed by atoms with Crippen LogP contribution in [0.15, 0.2) is 67.4 Å². The molecule has 0 bridgehead atoms. The van der Waals surface area contributed by atoms with Crippen molar-refractivity contribution in [3.05, 3.63) is 90.1 Å². The van der Waals surface area contributed by atoms with Crippen LogP contribution >= 0.6 is 43.5 Å². The summed E-state index contributed by atoms with van der Waals surface area (Å²) in [6.07, 6.45) is 3.82. The van der Waals surface area contributed by atoms with E-state index in [9.17, 15) is 14.0 Å². The Morgan fingerprint density at radius 3 is 2.75 bits per heavy atom. The first-order valence-electron chi connectivity index (χ1n) is 12.2. The van der Waals surface area contributed by atoms with Gasteiger partial charge in [0.25, 0.3) is 11.5 Å². The van der Waals surface area contributed by atoms with Crippen LogP contribution in [0, 0.1) is 5.82 Å². The number of fused-ring (bicyclic) bond motifs is 1. The van der Waals surface area contributed by atoms with E-state index < -0.39 is 18.3 Å². The van der Waals surface area contributed by atoms with E-state index in [1.807, 2.05) is 6.07 Å². The van der Waals surface area contributed by atoms with Gasteiger partial charge in [0.1, 0.15) is 16.7 Å². The predicted molar refractivity (Wildman–Crippen MR) is 162 cm³/mol. The first-order valence-corrected chi connectivity index (χ1v) is 14.2. The molecule has 0 aliphatic rings. The van der Waals surface area contributed by atoms with E-state index in [1.165, 1.54) is 36.2 Å². The molecule has 12 heteroatoms. The van der Waals surface area contributed by atoms with Crippen molar-refractivity contribution in [1.82, 2.24) is 9.66 Å². The number of nitrogens with zero attached hydrogens (tertiary/aromatic N) is 3. The summed E-state index contributed by atoms with van der Waals surface area (Å²) in [5.74, 6) is -0.0825. The molecule has 0 unspecified atom stereocenters. The number of methoxy groups -OCH3 is 1. The second kappa shape index (κ2) is 13.4. The average molecular weight is 695 g/mol. The maximum atomic E-state index is 13.4. The van der Waals surface area contributed by atoms with Crippen LogP contribution in [-0.2, 0) is 11.2 Å². The summed E-state index contributed by atoms with van der Waals surface area (Å²) in [5.41, 5.74) is 1.09. The zero-order chi connectivity index (χ0) is 28.8. The number of unbranched alkanes of at least 4 members (excludes halogenated alkanes) is 1. The highest BCUT2D eigenvalue weighted by molar-refractivity contribution is 9.10. The van der Waals surface area contributed by atoms with Gasteiger partial charge in [0.15, 0.2) is 18.1 Å². The average Bonchev–Trinajstić information content (AvgIpc) is 2.93.